The molecular weight excluding hydrogens is 284 g/mol. The molecule has 1 heterocycles. The van der Waals surface area contributed by atoms with E-state index in [9.17, 15) is 9.59 Å². The van der Waals surface area contributed by atoms with E-state index in [0.29, 0.717) is 17.9 Å². The van der Waals surface area contributed by atoms with Gasteiger partial charge in [0.25, 0.3) is 0 Å². The molecule has 1 atom stereocenters. The molecule has 0 unspecified atom stereocenters. The van der Waals surface area contributed by atoms with Gasteiger partial charge in [0, 0.05) is 5.70 Å². The molecule has 2 N–H and O–H groups in total. The maximum atomic E-state index is 12.0. The highest BCUT2D eigenvalue weighted by atomic mass is 16.5. The van der Waals surface area contributed by atoms with Gasteiger partial charge in [-0.15, -0.1) is 0 Å². The molecule has 22 heavy (non-hydrogen) atoms. The summed E-state index contributed by atoms with van der Waals surface area (Å²) in [6.45, 7) is 6.10. The lowest BCUT2D eigenvalue weighted by molar-refractivity contribution is -0.136. The van der Waals surface area contributed by atoms with Gasteiger partial charge in [0.1, 0.15) is 5.75 Å². The number of hydrogen-bond acceptors (Lipinski definition) is 4. The summed E-state index contributed by atoms with van der Waals surface area (Å²) in [5.41, 5.74) is 2.63. The van der Waals surface area contributed by atoms with Crippen molar-refractivity contribution in [2.45, 2.75) is 26.8 Å². The van der Waals surface area contributed by atoms with Crippen LogP contribution in [0.4, 0.5) is 4.79 Å². The summed E-state index contributed by atoms with van der Waals surface area (Å²) < 4.78 is 10.3. The van der Waals surface area contributed by atoms with Crippen LogP contribution < -0.4 is 15.4 Å². The Balaban J connectivity index is 2.44. The van der Waals surface area contributed by atoms with Crippen molar-refractivity contribution >= 4 is 12.0 Å². The molecule has 0 aliphatic carbocycles. The Morgan fingerprint density at radius 3 is 2.64 bits per heavy atom. The maximum Gasteiger partial charge on any atom is 0.337 e. The van der Waals surface area contributed by atoms with E-state index in [1.807, 2.05) is 32.0 Å². The third-order valence-electron chi connectivity index (χ3n) is 3.51. The third-order valence-corrected chi connectivity index (χ3v) is 3.51. The normalized spacial score (nSPS) is 17.6. The largest absolute Gasteiger partial charge is 0.494 e. The Hall–Kier alpha value is -2.50. The molecule has 1 aromatic carbocycles. The van der Waals surface area contributed by atoms with Gasteiger partial charge in [-0.25, -0.2) is 9.59 Å². The van der Waals surface area contributed by atoms with E-state index in [4.69, 9.17) is 9.47 Å². The number of methoxy groups -OCH3 is 1. The second kappa shape index (κ2) is 6.51. The van der Waals surface area contributed by atoms with Gasteiger partial charge in [-0.2, -0.15) is 0 Å². The molecule has 1 aromatic rings. The van der Waals surface area contributed by atoms with Crippen molar-refractivity contribution in [3.63, 3.8) is 0 Å². The molecule has 0 radical (unpaired) electrons. The minimum absolute atomic E-state index is 0.346. The fourth-order valence-electron chi connectivity index (χ4n) is 2.49. The standard InChI is InChI=1S/C16H20N2O4/c1-5-22-12-7-6-11(8-9(12)2)14-13(15(19)21-4)10(3)17-16(20)18-14/h6-8,14H,5H2,1-4H3,(H2,17,18,20)/t14-/m1/s1. The molecule has 1 aliphatic rings. The van der Waals surface area contributed by atoms with E-state index in [1.165, 1.54) is 7.11 Å². The Labute approximate surface area is 129 Å². The first-order chi connectivity index (χ1) is 10.5. The monoisotopic (exact) mass is 304 g/mol. The molecule has 0 aromatic heterocycles. The Bertz CT molecular complexity index is 637. The van der Waals surface area contributed by atoms with Crippen molar-refractivity contribution in [3.05, 3.63) is 40.6 Å². The number of carbonyl (C=O) groups excluding carboxylic acids is 2. The van der Waals surface area contributed by atoms with Crippen LogP contribution in [0.25, 0.3) is 0 Å². The summed E-state index contributed by atoms with van der Waals surface area (Å²) >= 11 is 0. The van der Waals surface area contributed by atoms with Crippen LogP contribution >= 0.6 is 0 Å². The summed E-state index contributed by atoms with van der Waals surface area (Å²) in [6, 6.07) is 4.69. The molecule has 2 rings (SSSR count). The smallest absolute Gasteiger partial charge is 0.337 e. The predicted octanol–water partition coefficient (Wildman–Crippen LogP) is 2.19. The van der Waals surface area contributed by atoms with Crippen molar-refractivity contribution in [1.82, 2.24) is 10.6 Å². The molecule has 0 saturated carbocycles. The molecule has 0 spiro atoms. The Morgan fingerprint density at radius 1 is 1.32 bits per heavy atom. The molecule has 0 fully saturated rings. The summed E-state index contributed by atoms with van der Waals surface area (Å²) in [6.07, 6.45) is 0. The third kappa shape index (κ3) is 3.05. The quantitative estimate of drug-likeness (QED) is 0.836. The molecule has 1 aliphatic heterocycles. The average Bonchev–Trinajstić information content (AvgIpc) is 2.48. The highest BCUT2D eigenvalue weighted by Gasteiger charge is 2.31. The van der Waals surface area contributed by atoms with Crippen molar-refractivity contribution in [3.8, 4) is 5.75 Å². The number of rotatable bonds is 4. The van der Waals surface area contributed by atoms with E-state index in [1.54, 1.807) is 6.92 Å². The number of allylic oxidation sites excluding steroid dienone is 1. The second-order valence-electron chi connectivity index (χ2n) is 5.02. The van der Waals surface area contributed by atoms with Gasteiger partial charge in [-0.1, -0.05) is 6.07 Å². The van der Waals surface area contributed by atoms with Crippen LogP contribution in [-0.2, 0) is 9.53 Å². The van der Waals surface area contributed by atoms with Crippen molar-refractivity contribution in [2.24, 2.45) is 0 Å². The lowest BCUT2D eigenvalue weighted by Gasteiger charge is -2.28. The number of aryl methyl sites for hydroxylation is 1. The number of ether oxygens (including phenoxy) is 2. The van der Waals surface area contributed by atoms with Gasteiger partial charge >= 0.3 is 12.0 Å². The summed E-state index contributed by atoms with van der Waals surface area (Å²) in [5.74, 6) is 0.313. The first-order valence-corrected chi connectivity index (χ1v) is 7.07. The van der Waals surface area contributed by atoms with Gasteiger partial charge in [-0.05, 0) is 44.0 Å². The van der Waals surface area contributed by atoms with E-state index in [0.717, 1.165) is 16.9 Å². The minimum atomic E-state index is -0.546. The zero-order valence-corrected chi connectivity index (χ0v) is 13.1. The highest BCUT2D eigenvalue weighted by molar-refractivity contribution is 5.94. The zero-order chi connectivity index (χ0) is 16.3. The van der Waals surface area contributed by atoms with Crippen molar-refractivity contribution < 1.29 is 19.1 Å². The van der Waals surface area contributed by atoms with E-state index in [2.05, 4.69) is 10.6 Å². The van der Waals surface area contributed by atoms with Crippen molar-refractivity contribution in [2.75, 3.05) is 13.7 Å². The fourth-order valence-corrected chi connectivity index (χ4v) is 2.49. The van der Waals surface area contributed by atoms with Gasteiger partial charge in [-0.3, -0.25) is 0 Å². The zero-order valence-electron chi connectivity index (χ0n) is 13.1. The summed E-state index contributed by atoms with van der Waals surface area (Å²) in [4.78, 5) is 23.8. The lowest BCUT2D eigenvalue weighted by Crippen LogP contribution is -2.45. The number of urea groups is 1. The highest BCUT2D eigenvalue weighted by Crippen LogP contribution is 2.30. The number of hydrogen-bond donors (Lipinski definition) is 2. The molecule has 0 bridgehead atoms. The second-order valence-corrected chi connectivity index (χ2v) is 5.02. The number of nitrogens with one attached hydrogen (secondary N) is 2. The molecule has 118 valence electrons. The molecular formula is C16H20N2O4. The SMILES string of the molecule is CCOc1ccc([C@H]2NC(=O)NC(C)=C2C(=O)OC)cc1C. The maximum absolute atomic E-state index is 12.0. The van der Waals surface area contributed by atoms with Gasteiger partial charge in [0.2, 0.25) is 0 Å². The van der Waals surface area contributed by atoms with Gasteiger partial charge in [0.15, 0.2) is 0 Å². The molecule has 2 amide bonds. The lowest BCUT2D eigenvalue weighted by atomic mass is 9.94. The molecule has 6 nitrogen and oxygen atoms in total. The van der Waals surface area contributed by atoms with Crippen molar-refractivity contribution in [1.29, 1.82) is 0 Å². The van der Waals surface area contributed by atoms with Crippen LogP contribution in [0.15, 0.2) is 29.5 Å². The van der Waals surface area contributed by atoms with E-state index >= 15 is 0 Å². The minimum Gasteiger partial charge on any atom is -0.494 e. The number of carbonyl (C=O) groups is 2. The number of amides is 2. The first kappa shape index (κ1) is 15.9. The van der Waals surface area contributed by atoms with Crippen LogP contribution in [0.3, 0.4) is 0 Å². The van der Waals surface area contributed by atoms with Crippen LogP contribution in [0.2, 0.25) is 0 Å². The van der Waals surface area contributed by atoms with E-state index < -0.39 is 12.0 Å². The Morgan fingerprint density at radius 2 is 2.05 bits per heavy atom. The number of benzene rings is 1. The van der Waals surface area contributed by atoms with Crippen LogP contribution in [0, 0.1) is 6.92 Å². The average molecular weight is 304 g/mol. The van der Waals surface area contributed by atoms with E-state index in [-0.39, 0.29) is 6.03 Å². The summed E-state index contributed by atoms with van der Waals surface area (Å²) in [7, 11) is 1.32. The topological polar surface area (TPSA) is 76.7 Å². The fraction of sp³-hybridized carbons (Fsp3) is 0.375. The molecule has 0 saturated heterocycles. The summed E-state index contributed by atoms with van der Waals surface area (Å²) in [5, 5.41) is 5.35. The predicted molar refractivity (Wildman–Crippen MR) is 81.5 cm³/mol. The first-order valence-electron chi connectivity index (χ1n) is 7.07. The van der Waals surface area contributed by atoms with Crippen LogP contribution in [0.1, 0.15) is 31.0 Å². The van der Waals surface area contributed by atoms with Crippen LogP contribution in [0.5, 0.6) is 5.75 Å². The van der Waals surface area contributed by atoms with Crippen LogP contribution in [-0.4, -0.2) is 25.7 Å². The van der Waals surface area contributed by atoms with Gasteiger partial charge in [0.05, 0.1) is 25.3 Å². The number of esters is 1. The Kier molecular flexibility index (Phi) is 4.70. The van der Waals surface area contributed by atoms with Gasteiger partial charge < -0.3 is 20.1 Å². The molecule has 6 heteroatoms.